The van der Waals surface area contributed by atoms with Gasteiger partial charge in [-0.25, -0.2) is 0 Å². The molecule has 3 rings (SSSR count). The fourth-order valence-electron chi connectivity index (χ4n) is 3.20. The van der Waals surface area contributed by atoms with Crippen LogP contribution in [0.4, 0.5) is 11.4 Å². The van der Waals surface area contributed by atoms with Gasteiger partial charge in [-0.3, -0.25) is 19.8 Å². The number of nitrogens with one attached hydrogen (secondary N) is 1. The van der Waals surface area contributed by atoms with Gasteiger partial charge in [-0.05, 0) is 23.8 Å². The van der Waals surface area contributed by atoms with Crippen LogP contribution in [0.1, 0.15) is 12.0 Å². The number of nitro groups is 1. The Balaban J connectivity index is 1.39. The maximum atomic E-state index is 12.1. The molecule has 1 N–H and O–H groups in total. The summed E-state index contributed by atoms with van der Waals surface area (Å²) in [6.45, 7) is 5.31. The quantitative estimate of drug-likeness (QED) is 0.567. The Morgan fingerprint density at radius 3 is 2.43 bits per heavy atom. The van der Waals surface area contributed by atoms with Gasteiger partial charge in [-0.1, -0.05) is 29.8 Å². The predicted octanol–water partition coefficient (Wildman–Crippen LogP) is 3.39. The lowest BCUT2D eigenvalue weighted by Crippen LogP contribution is -2.46. The molecule has 7 nitrogen and oxygen atoms in total. The number of halogens is 1. The molecule has 8 heteroatoms. The molecule has 28 heavy (non-hydrogen) atoms. The fourth-order valence-corrected chi connectivity index (χ4v) is 3.33. The summed E-state index contributed by atoms with van der Waals surface area (Å²) in [5, 5.41) is 14.3. The zero-order valence-corrected chi connectivity index (χ0v) is 16.3. The standard InChI is InChI=1S/C20H23ClN4O3/c21-17-6-4-16(5-7-17)15-24-12-10-23(11-13-24)9-8-20(26)22-18-2-1-3-19(14-18)25(27)28/h1-7,14H,8-13,15H2,(H,22,26). The summed E-state index contributed by atoms with van der Waals surface area (Å²) in [4.78, 5) is 27.1. The summed E-state index contributed by atoms with van der Waals surface area (Å²) in [5.74, 6) is -0.135. The first kappa shape index (κ1) is 20.3. The van der Waals surface area contributed by atoms with Gasteiger partial charge >= 0.3 is 0 Å². The molecule has 0 radical (unpaired) electrons. The van der Waals surface area contributed by atoms with Gasteiger partial charge in [-0.2, -0.15) is 0 Å². The normalized spacial score (nSPS) is 15.3. The van der Waals surface area contributed by atoms with Crippen LogP contribution in [0, 0.1) is 10.1 Å². The second-order valence-electron chi connectivity index (χ2n) is 6.85. The van der Waals surface area contributed by atoms with E-state index < -0.39 is 4.92 Å². The SMILES string of the molecule is O=C(CCN1CCN(Cc2ccc(Cl)cc2)CC1)Nc1cccc([N+](=O)[O-])c1. The van der Waals surface area contributed by atoms with Crippen molar-refractivity contribution < 1.29 is 9.72 Å². The van der Waals surface area contributed by atoms with Crippen LogP contribution in [0.3, 0.4) is 0 Å². The highest BCUT2D eigenvalue weighted by Gasteiger charge is 2.18. The van der Waals surface area contributed by atoms with E-state index in [1.54, 1.807) is 12.1 Å². The first-order chi connectivity index (χ1) is 13.5. The molecule has 148 valence electrons. The Bertz CT molecular complexity index is 820. The van der Waals surface area contributed by atoms with Crippen LogP contribution in [-0.2, 0) is 11.3 Å². The third-order valence-corrected chi connectivity index (χ3v) is 5.03. The molecule has 0 spiro atoms. The van der Waals surface area contributed by atoms with Gasteiger partial charge < -0.3 is 10.2 Å². The molecular weight excluding hydrogens is 380 g/mol. The van der Waals surface area contributed by atoms with E-state index in [0.29, 0.717) is 18.7 Å². The summed E-state index contributed by atoms with van der Waals surface area (Å²) >= 11 is 5.92. The number of nitro benzene ring substituents is 1. The average molecular weight is 403 g/mol. The van der Waals surface area contributed by atoms with Crippen LogP contribution >= 0.6 is 11.6 Å². The molecule has 0 saturated carbocycles. The Morgan fingerprint density at radius 1 is 1.07 bits per heavy atom. The fraction of sp³-hybridized carbons (Fsp3) is 0.350. The minimum Gasteiger partial charge on any atom is -0.326 e. The number of hydrogen-bond donors (Lipinski definition) is 1. The van der Waals surface area contributed by atoms with Crippen molar-refractivity contribution in [2.45, 2.75) is 13.0 Å². The smallest absolute Gasteiger partial charge is 0.271 e. The Hall–Kier alpha value is -2.48. The first-order valence-corrected chi connectivity index (χ1v) is 9.61. The molecule has 0 aliphatic carbocycles. The molecular formula is C20H23ClN4O3. The maximum absolute atomic E-state index is 12.1. The van der Waals surface area contributed by atoms with E-state index in [1.807, 2.05) is 24.3 Å². The van der Waals surface area contributed by atoms with E-state index in [0.717, 1.165) is 37.7 Å². The zero-order chi connectivity index (χ0) is 19.9. The second-order valence-corrected chi connectivity index (χ2v) is 7.29. The molecule has 0 atom stereocenters. The summed E-state index contributed by atoms with van der Waals surface area (Å²) in [5.41, 5.74) is 1.66. The van der Waals surface area contributed by atoms with E-state index in [9.17, 15) is 14.9 Å². The number of benzene rings is 2. The largest absolute Gasteiger partial charge is 0.326 e. The molecule has 1 amide bonds. The lowest BCUT2D eigenvalue weighted by atomic mass is 10.2. The molecule has 1 aliphatic heterocycles. The number of piperazine rings is 1. The van der Waals surface area contributed by atoms with Gasteiger partial charge in [-0.15, -0.1) is 0 Å². The van der Waals surface area contributed by atoms with Crippen LogP contribution in [0.25, 0.3) is 0 Å². The number of carbonyl (C=O) groups excluding carboxylic acids is 1. The number of carbonyl (C=O) groups is 1. The van der Waals surface area contributed by atoms with Crippen molar-refractivity contribution in [3.8, 4) is 0 Å². The molecule has 1 heterocycles. The molecule has 2 aromatic carbocycles. The van der Waals surface area contributed by atoms with E-state index in [-0.39, 0.29) is 11.6 Å². The highest BCUT2D eigenvalue weighted by molar-refractivity contribution is 6.30. The van der Waals surface area contributed by atoms with Crippen LogP contribution in [0.5, 0.6) is 0 Å². The van der Waals surface area contributed by atoms with Crippen molar-refractivity contribution in [3.05, 3.63) is 69.2 Å². The summed E-state index contributed by atoms with van der Waals surface area (Å²) < 4.78 is 0. The van der Waals surface area contributed by atoms with Crippen LogP contribution in [0.15, 0.2) is 48.5 Å². The van der Waals surface area contributed by atoms with Gasteiger partial charge in [0, 0.05) is 68.5 Å². The van der Waals surface area contributed by atoms with E-state index >= 15 is 0 Å². The number of nitrogens with zero attached hydrogens (tertiary/aromatic N) is 3. The summed E-state index contributed by atoms with van der Waals surface area (Å²) in [7, 11) is 0. The van der Waals surface area contributed by atoms with E-state index in [2.05, 4.69) is 15.1 Å². The van der Waals surface area contributed by atoms with Crippen molar-refractivity contribution in [3.63, 3.8) is 0 Å². The third kappa shape index (κ3) is 6.02. The lowest BCUT2D eigenvalue weighted by molar-refractivity contribution is -0.384. The molecule has 0 bridgehead atoms. The number of non-ortho nitro benzene ring substituents is 1. The minimum absolute atomic E-state index is 0.0328. The number of rotatable bonds is 7. The summed E-state index contributed by atoms with van der Waals surface area (Å²) in [6.07, 6.45) is 0.361. The number of anilines is 1. The van der Waals surface area contributed by atoms with Gasteiger partial charge in [0.15, 0.2) is 0 Å². The zero-order valence-electron chi connectivity index (χ0n) is 15.5. The van der Waals surface area contributed by atoms with E-state index in [1.165, 1.54) is 17.7 Å². The molecule has 1 fully saturated rings. The second kappa shape index (κ2) is 9.64. The third-order valence-electron chi connectivity index (χ3n) is 4.78. The molecule has 0 unspecified atom stereocenters. The molecule has 2 aromatic rings. The Kier molecular flexibility index (Phi) is 6.97. The molecule has 1 saturated heterocycles. The van der Waals surface area contributed by atoms with E-state index in [4.69, 9.17) is 11.6 Å². The van der Waals surface area contributed by atoms with Crippen LogP contribution < -0.4 is 5.32 Å². The van der Waals surface area contributed by atoms with Crippen LogP contribution in [-0.4, -0.2) is 53.4 Å². The maximum Gasteiger partial charge on any atom is 0.271 e. The van der Waals surface area contributed by atoms with Crippen molar-refractivity contribution in [1.82, 2.24) is 9.80 Å². The van der Waals surface area contributed by atoms with Gasteiger partial charge in [0.25, 0.3) is 5.69 Å². The monoisotopic (exact) mass is 402 g/mol. The van der Waals surface area contributed by atoms with Crippen molar-refractivity contribution in [1.29, 1.82) is 0 Å². The van der Waals surface area contributed by atoms with Crippen molar-refractivity contribution >= 4 is 28.9 Å². The first-order valence-electron chi connectivity index (χ1n) is 9.23. The molecule has 0 aromatic heterocycles. The predicted molar refractivity (Wildman–Crippen MR) is 110 cm³/mol. The summed E-state index contributed by atoms with van der Waals surface area (Å²) in [6, 6.07) is 13.9. The average Bonchev–Trinajstić information content (AvgIpc) is 2.69. The van der Waals surface area contributed by atoms with Crippen LogP contribution in [0.2, 0.25) is 5.02 Å². The lowest BCUT2D eigenvalue weighted by Gasteiger charge is -2.34. The van der Waals surface area contributed by atoms with Gasteiger partial charge in [0.2, 0.25) is 5.91 Å². The minimum atomic E-state index is -0.473. The van der Waals surface area contributed by atoms with Gasteiger partial charge in [0.1, 0.15) is 0 Å². The van der Waals surface area contributed by atoms with Crippen molar-refractivity contribution in [2.24, 2.45) is 0 Å². The number of amides is 1. The molecule has 1 aliphatic rings. The highest BCUT2D eigenvalue weighted by atomic mass is 35.5. The van der Waals surface area contributed by atoms with Gasteiger partial charge in [0.05, 0.1) is 4.92 Å². The van der Waals surface area contributed by atoms with Crippen molar-refractivity contribution in [2.75, 3.05) is 38.0 Å². The Labute approximate surface area is 169 Å². The topological polar surface area (TPSA) is 78.7 Å². The number of hydrogen-bond acceptors (Lipinski definition) is 5. The Morgan fingerprint density at radius 2 is 1.75 bits per heavy atom. The highest BCUT2D eigenvalue weighted by Crippen LogP contribution is 2.17.